The fourth-order valence-corrected chi connectivity index (χ4v) is 5.52. The standard InChI is InChI=1S/C25H51NO2P/c1-6-8-9-10-11-12-13-14-15-16-17-18-19-20-21-22-24-25(23-7-2,29(27)28)26(3,4)5/h11-12H,6-10,13-24H2,1-5H3/q+1/b12-11-. The van der Waals surface area contributed by atoms with Crippen molar-refractivity contribution < 1.29 is 13.9 Å². The van der Waals surface area contributed by atoms with Gasteiger partial charge in [0, 0.05) is 12.8 Å². The molecule has 0 aliphatic heterocycles. The Morgan fingerprint density at radius 2 is 1.14 bits per heavy atom. The molecule has 0 aromatic heterocycles. The maximum Gasteiger partial charge on any atom is 0.376 e. The van der Waals surface area contributed by atoms with Gasteiger partial charge in [-0.05, 0) is 38.5 Å². The van der Waals surface area contributed by atoms with Gasteiger partial charge >= 0.3 is 8.03 Å². The second kappa shape index (κ2) is 17.4. The fraction of sp³-hybridized carbons (Fsp3) is 0.920. The van der Waals surface area contributed by atoms with Gasteiger partial charge in [-0.1, -0.05) is 88.4 Å². The average molecular weight is 429 g/mol. The third-order valence-corrected chi connectivity index (χ3v) is 8.05. The third kappa shape index (κ3) is 12.9. The van der Waals surface area contributed by atoms with Gasteiger partial charge in [-0.2, -0.15) is 0 Å². The van der Waals surface area contributed by atoms with E-state index in [0.717, 1.165) is 32.1 Å². The third-order valence-electron chi connectivity index (χ3n) is 6.33. The number of rotatable bonds is 20. The lowest BCUT2D eigenvalue weighted by molar-refractivity contribution is -0.910. The molecule has 0 N–H and O–H groups in total. The maximum atomic E-state index is 12.1. The van der Waals surface area contributed by atoms with E-state index in [1.54, 1.807) is 0 Å². The van der Waals surface area contributed by atoms with E-state index >= 15 is 0 Å². The van der Waals surface area contributed by atoms with Crippen molar-refractivity contribution >= 4 is 8.03 Å². The van der Waals surface area contributed by atoms with Gasteiger partial charge in [-0.25, -0.2) is 0 Å². The quantitative estimate of drug-likeness (QED) is 0.0861. The minimum atomic E-state index is -2.42. The first-order valence-electron chi connectivity index (χ1n) is 12.4. The molecule has 29 heavy (non-hydrogen) atoms. The summed E-state index contributed by atoms with van der Waals surface area (Å²) in [5.74, 6) is 0. The van der Waals surface area contributed by atoms with Crippen LogP contribution in [0.25, 0.3) is 0 Å². The van der Waals surface area contributed by atoms with Gasteiger partial charge in [-0.15, -0.1) is 0 Å². The highest BCUT2D eigenvalue weighted by molar-refractivity contribution is 7.38. The summed E-state index contributed by atoms with van der Waals surface area (Å²) in [5, 5.41) is -0.589. The lowest BCUT2D eigenvalue weighted by Gasteiger charge is -2.39. The van der Waals surface area contributed by atoms with Crippen LogP contribution in [0.3, 0.4) is 0 Å². The SMILES string of the molecule is CCCCC/C=C\CCCCCCCCCCCC(CCC)([P+](=O)[O-])[N+](C)(C)C. The molecule has 0 amide bonds. The first kappa shape index (κ1) is 28.8. The highest BCUT2D eigenvalue weighted by Crippen LogP contribution is 2.45. The zero-order valence-electron chi connectivity index (χ0n) is 20.4. The van der Waals surface area contributed by atoms with Crippen molar-refractivity contribution in [3.05, 3.63) is 12.2 Å². The van der Waals surface area contributed by atoms with Crippen LogP contribution >= 0.6 is 8.03 Å². The Kier molecular flexibility index (Phi) is 17.3. The van der Waals surface area contributed by atoms with Crippen molar-refractivity contribution in [1.29, 1.82) is 0 Å². The number of unbranched alkanes of at least 4 members (excludes halogenated alkanes) is 12. The van der Waals surface area contributed by atoms with Gasteiger partial charge in [0.15, 0.2) is 0 Å². The van der Waals surface area contributed by atoms with Crippen LogP contribution < -0.4 is 4.89 Å². The molecule has 172 valence electrons. The zero-order valence-corrected chi connectivity index (χ0v) is 21.3. The Morgan fingerprint density at radius 3 is 1.55 bits per heavy atom. The van der Waals surface area contributed by atoms with Crippen LogP contribution in [-0.2, 0) is 4.57 Å². The number of hydrogen-bond donors (Lipinski definition) is 0. The summed E-state index contributed by atoms with van der Waals surface area (Å²) in [5.41, 5.74) is 0. The molecule has 0 spiro atoms. The second-order valence-corrected chi connectivity index (χ2v) is 11.0. The monoisotopic (exact) mass is 428 g/mol. The summed E-state index contributed by atoms with van der Waals surface area (Å²) in [6.07, 6.45) is 25.2. The van der Waals surface area contributed by atoms with E-state index in [1.165, 1.54) is 77.0 Å². The highest BCUT2D eigenvalue weighted by atomic mass is 31.1. The molecule has 0 bridgehead atoms. The predicted octanol–water partition coefficient (Wildman–Crippen LogP) is 7.72. The summed E-state index contributed by atoms with van der Waals surface area (Å²) in [6, 6.07) is 0. The van der Waals surface area contributed by atoms with Crippen LogP contribution in [0.5, 0.6) is 0 Å². The summed E-state index contributed by atoms with van der Waals surface area (Å²) in [4.78, 5) is 12.1. The van der Waals surface area contributed by atoms with Gasteiger partial charge in [0.1, 0.15) is 0 Å². The van der Waals surface area contributed by atoms with Gasteiger partial charge in [0.05, 0.1) is 21.1 Å². The molecule has 0 saturated heterocycles. The van der Waals surface area contributed by atoms with Crippen LogP contribution in [0.2, 0.25) is 0 Å². The van der Waals surface area contributed by atoms with Crippen molar-refractivity contribution in [3.63, 3.8) is 0 Å². The van der Waals surface area contributed by atoms with Crippen molar-refractivity contribution in [2.45, 2.75) is 128 Å². The molecule has 0 aromatic carbocycles. The van der Waals surface area contributed by atoms with Gasteiger partial charge in [-0.3, -0.25) is 4.48 Å². The van der Waals surface area contributed by atoms with E-state index < -0.39 is 13.3 Å². The van der Waals surface area contributed by atoms with E-state index in [0.29, 0.717) is 4.48 Å². The normalized spacial score (nSPS) is 15.0. The first-order valence-corrected chi connectivity index (χ1v) is 13.6. The Balaban J connectivity index is 3.73. The molecule has 2 atom stereocenters. The molecular formula is C25H51NO2P+. The Bertz CT molecular complexity index is 431. The number of quaternary nitrogens is 1. The van der Waals surface area contributed by atoms with Gasteiger partial charge in [0.2, 0.25) is 0 Å². The van der Waals surface area contributed by atoms with Crippen LogP contribution in [0.15, 0.2) is 12.2 Å². The van der Waals surface area contributed by atoms with Crippen LogP contribution in [0.1, 0.15) is 123 Å². The summed E-state index contributed by atoms with van der Waals surface area (Å²) < 4.78 is 12.6. The second-order valence-electron chi connectivity index (χ2n) is 9.69. The molecule has 4 heteroatoms. The molecule has 0 heterocycles. The van der Waals surface area contributed by atoms with Gasteiger partial charge in [0.25, 0.3) is 5.28 Å². The average Bonchev–Trinajstić information content (AvgIpc) is 2.65. The zero-order chi connectivity index (χ0) is 22.0. The van der Waals surface area contributed by atoms with E-state index in [2.05, 4.69) is 26.0 Å². The molecule has 0 aliphatic rings. The maximum absolute atomic E-state index is 12.1. The number of allylic oxidation sites excluding steroid dienone is 2. The first-order chi connectivity index (χ1) is 13.8. The smallest absolute Gasteiger partial charge is 0.376 e. The number of nitrogens with zero attached hydrogens (tertiary/aromatic N) is 1. The van der Waals surface area contributed by atoms with E-state index in [1.807, 2.05) is 21.1 Å². The molecule has 0 rings (SSSR count). The minimum Gasteiger partial charge on any atom is -0.590 e. The summed E-state index contributed by atoms with van der Waals surface area (Å²) in [7, 11) is 3.67. The highest BCUT2D eigenvalue weighted by Gasteiger charge is 2.53. The molecule has 0 aromatic rings. The summed E-state index contributed by atoms with van der Waals surface area (Å²) >= 11 is 0. The molecule has 0 saturated carbocycles. The number of hydrogen-bond acceptors (Lipinski definition) is 2. The lowest BCUT2D eigenvalue weighted by atomic mass is 9.99. The molecule has 2 unspecified atom stereocenters. The van der Waals surface area contributed by atoms with Crippen LogP contribution in [0.4, 0.5) is 0 Å². The van der Waals surface area contributed by atoms with Gasteiger partial charge < -0.3 is 4.89 Å². The van der Waals surface area contributed by atoms with Crippen LogP contribution in [-0.4, -0.2) is 30.9 Å². The molecule has 3 nitrogen and oxygen atoms in total. The van der Waals surface area contributed by atoms with Crippen molar-refractivity contribution in [2.75, 3.05) is 21.1 Å². The molecule has 0 fully saturated rings. The predicted molar refractivity (Wildman–Crippen MR) is 127 cm³/mol. The van der Waals surface area contributed by atoms with E-state index in [9.17, 15) is 9.46 Å². The van der Waals surface area contributed by atoms with Crippen molar-refractivity contribution in [1.82, 2.24) is 0 Å². The Morgan fingerprint density at radius 1 is 0.690 bits per heavy atom. The van der Waals surface area contributed by atoms with Crippen molar-refractivity contribution in [2.24, 2.45) is 0 Å². The van der Waals surface area contributed by atoms with E-state index in [4.69, 9.17) is 0 Å². The topological polar surface area (TPSA) is 40.1 Å². The molecule has 0 radical (unpaired) electrons. The largest absolute Gasteiger partial charge is 0.590 e. The fourth-order valence-electron chi connectivity index (χ4n) is 4.28. The van der Waals surface area contributed by atoms with E-state index in [-0.39, 0.29) is 0 Å². The Hall–Kier alpha value is -0.240. The Labute approximate surface area is 183 Å². The van der Waals surface area contributed by atoms with Crippen LogP contribution in [0, 0.1) is 0 Å². The minimum absolute atomic E-state index is 0.521. The lowest BCUT2D eigenvalue weighted by Crippen LogP contribution is -2.55. The molecule has 0 aliphatic carbocycles. The summed E-state index contributed by atoms with van der Waals surface area (Å²) in [6.45, 7) is 4.35. The van der Waals surface area contributed by atoms with Crippen molar-refractivity contribution in [3.8, 4) is 0 Å². The molecular weight excluding hydrogens is 377 g/mol.